The molecule has 0 fully saturated rings. The lowest BCUT2D eigenvalue weighted by molar-refractivity contribution is -0.139. The third-order valence-corrected chi connectivity index (χ3v) is 9.35. The van der Waals surface area contributed by atoms with Gasteiger partial charge in [0.2, 0.25) is 0 Å². The van der Waals surface area contributed by atoms with Gasteiger partial charge >= 0.3 is 5.97 Å². The lowest BCUT2D eigenvalue weighted by Crippen LogP contribution is -2.40. The molecular formula is C34H31BrFIN2O6S. The zero-order valence-corrected chi connectivity index (χ0v) is 30.3. The Morgan fingerprint density at radius 3 is 2.63 bits per heavy atom. The van der Waals surface area contributed by atoms with Crippen LogP contribution >= 0.6 is 49.9 Å². The number of methoxy groups -OCH3 is 1. The number of carbonyl (C=O) groups is 1. The van der Waals surface area contributed by atoms with Crippen LogP contribution in [-0.4, -0.2) is 30.4 Å². The van der Waals surface area contributed by atoms with Crippen molar-refractivity contribution < 1.29 is 28.1 Å². The van der Waals surface area contributed by atoms with Crippen LogP contribution in [0, 0.1) is 9.39 Å². The van der Waals surface area contributed by atoms with Crippen LogP contribution in [0.2, 0.25) is 0 Å². The number of hydrogen-bond donors (Lipinski definition) is 0. The molecule has 46 heavy (non-hydrogen) atoms. The van der Waals surface area contributed by atoms with Crippen molar-refractivity contribution >= 4 is 61.9 Å². The number of aromatic nitrogens is 1. The zero-order chi connectivity index (χ0) is 33.1. The second kappa shape index (κ2) is 14.5. The van der Waals surface area contributed by atoms with E-state index < -0.39 is 12.0 Å². The van der Waals surface area contributed by atoms with E-state index in [9.17, 15) is 14.0 Å². The zero-order valence-electron chi connectivity index (χ0n) is 25.7. The highest BCUT2D eigenvalue weighted by molar-refractivity contribution is 14.1. The number of fused-ring (bicyclic) bond motifs is 1. The van der Waals surface area contributed by atoms with E-state index in [2.05, 4.69) is 43.5 Å². The number of esters is 1. The number of ether oxygens (including phenoxy) is 4. The number of nitrogens with zero attached hydrogens (tertiary/aromatic N) is 2. The molecule has 5 rings (SSSR count). The van der Waals surface area contributed by atoms with Crippen LogP contribution in [0.1, 0.15) is 50.4 Å². The fraction of sp³-hybridized carbons (Fsp3) is 0.265. The number of halogens is 3. The Bertz CT molecular complexity index is 2000. The average Bonchev–Trinajstić information content (AvgIpc) is 3.29. The van der Waals surface area contributed by atoms with Gasteiger partial charge in [-0.1, -0.05) is 29.5 Å². The van der Waals surface area contributed by atoms with Crippen molar-refractivity contribution in [1.82, 2.24) is 4.57 Å². The van der Waals surface area contributed by atoms with Gasteiger partial charge in [-0.2, -0.15) is 0 Å². The van der Waals surface area contributed by atoms with Crippen LogP contribution in [0.5, 0.6) is 17.2 Å². The largest absolute Gasteiger partial charge is 0.493 e. The second-order valence-corrected chi connectivity index (χ2v) is 13.6. The number of rotatable bonds is 10. The Morgan fingerprint density at radius 2 is 1.96 bits per heavy atom. The van der Waals surface area contributed by atoms with Gasteiger partial charge in [-0.05, 0) is 125 Å². The van der Waals surface area contributed by atoms with Crippen LogP contribution in [0.25, 0.3) is 6.08 Å². The molecule has 0 spiro atoms. The van der Waals surface area contributed by atoms with E-state index in [1.807, 2.05) is 32.0 Å². The first-order valence-electron chi connectivity index (χ1n) is 14.4. The van der Waals surface area contributed by atoms with Crippen LogP contribution in [0.15, 0.2) is 80.1 Å². The van der Waals surface area contributed by atoms with Crippen LogP contribution < -0.4 is 29.1 Å². The molecule has 0 saturated carbocycles. The van der Waals surface area contributed by atoms with E-state index in [1.54, 1.807) is 51.3 Å². The predicted octanol–water partition coefficient (Wildman–Crippen LogP) is 6.68. The van der Waals surface area contributed by atoms with Crippen LogP contribution in [0.4, 0.5) is 4.39 Å². The molecule has 1 atom stereocenters. The van der Waals surface area contributed by atoms with Crippen molar-refractivity contribution in [2.45, 2.75) is 46.4 Å². The number of benzene rings is 3. The maximum absolute atomic E-state index is 14.1. The molecule has 4 aromatic rings. The molecule has 240 valence electrons. The number of allylic oxidation sites excluding steroid dienone is 1. The molecule has 0 saturated heterocycles. The summed E-state index contributed by atoms with van der Waals surface area (Å²) in [6.07, 6.45) is 1.71. The van der Waals surface area contributed by atoms with E-state index in [4.69, 9.17) is 18.9 Å². The Balaban J connectivity index is 1.58. The molecule has 8 nitrogen and oxygen atoms in total. The highest BCUT2D eigenvalue weighted by Crippen LogP contribution is 2.37. The SMILES string of the molecule is CCOC(=O)C1=C(C)N=c2s/c(=C\c3cc(Br)c(OCc4cccc(F)c4)c(I)c3)c(=O)n2[C@H]1c1ccc(OC(C)C)c(OC)c1. The molecule has 0 bridgehead atoms. The third-order valence-electron chi connectivity index (χ3n) is 6.97. The quantitative estimate of drug-likeness (QED) is 0.131. The highest BCUT2D eigenvalue weighted by atomic mass is 127. The lowest BCUT2D eigenvalue weighted by Gasteiger charge is -2.25. The summed E-state index contributed by atoms with van der Waals surface area (Å²) >= 11 is 7.00. The summed E-state index contributed by atoms with van der Waals surface area (Å²) in [5.41, 5.74) is 2.55. The van der Waals surface area contributed by atoms with Gasteiger partial charge in [-0.3, -0.25) is 9.36 Å². The van der Waals surface area contributed by atoms with Crippen molar-refractivity contribution in [2.24, 2.45) is 4.99 Å². The summed E-state index contributed by atoms with van der Waals surface area (Å²) in [5.74, 6) is 0.768. The van der Waals surface area contributed by atoms with Crippen molar-refractivity contribution in [1.29, 1.82) is 0 Å². The molecule has 0 radical (unpaired) electrons. The fourth-order valence-corrected chi connectivity index (χ4v) is 7.86. The van der Waals surface area contributed by atoms with Gasteiger partial charge in [0.15, 0.2) is 16.3 Å². The molecule has 1 aromatic heterocycles. The first-order chi connectivity index (χ1) is 22.0. The van der Waals surface area contributed by atoms with Gasteiger partial charge in [0.25, 0.3) is 5.56 Å². The van der Waals surface area contributed by atoms with E-state index in [1.165, 1.54) is 28.0 Å². The van der Waals surface area contributed by atoms with Crippen molar-refractivity contribution in [3.8, 4) is 17.2 Å². The van der Waals surface area contributed by atoms with E-state index >= 15 is 0 Å². The van der Waals surface area contributed by atoms with Crippen LogP contribution in [0.3, 0.4) is 0 Å². The summed E-state index contributed by atoms with van der Waals surface area (Å²) in [5, 5.41) is 0. The lowest BCUT2D eigenvalue weighted by atomic mass is 9.95. The highest BCUT2D eigenvalue weighted by Gasteiger charge is 2.34. The Kier molecular flexibility index (Phi) is 10.7. The average molecular weight is 822 g/mol. The van der Waals surface area contributed by atoms with Gasteiger partial charge in [-0.25, -0.2) is 14.2 Å². The smallest absolute Gasteiger partial charge is 0.338 e. The van der Waals surface area contributed by atoms with Crippen molar-refractivity contribution in [3.05, 3.63) is 116 Å². The standard InChI is InChI=1S/C34H31BrFIN2O6S/c1-6-43-33(41)29-19(4)38-34-39(30(29)22-10-11-26(45-18(2)3)27(16-22)42-5)32(40)28(46-34)15-21-13-24(35)31(25(37)14-21)44-17-20-8-7-9-23(36)12-20/h7-16,18,30H,6,17H2,1-5H3/b28-15-/t30-/m0/s1. The normalized spacial score (nSPS) is 14.6. The van der Waals surface area contributed by atoms with Crippen LogP contribution in [-0.2, 0) is 16.1 Å². The maximum atomic E-state index is 14.1. The molecule has 0 amide bonds. The summed E-state index contributed by atoms with van der Waals surface area (Å²) in [7, 11) is 1.54. The topological polar surface area (TPSA) is 88.4 Å². The molecule has 1 aliphatic heterocycles. The minimum absolute atomic E-state index is 0.0770. The Hall–Kier alpha value is -3.49. The molecule has 3 aromatic carbocycles. The van der Waals surface area contributed by atoms with Gasteiger partial charge < -0.3 is 18.9 Å². The first-order valence-corrected chi connectivity index (χ1v) is 17.1. The van der Waals surface area contributed by atoms with Crippen molar-refractivity contribution in [2.75, 3.05) is 13.7 Å². The molecule has 1 aliphatic rings. The van der Waals surface area contributed by atoms with E-state index in [0.717, 1.165) is 9.13 Å². The monoisotopic (exact) mass is 820 g/mol. The summed E-state index contributed by atoms with van der Waals surface area (Å²) in [6.45, 7) is 7.68. The molecular weight excluding hydrogens is 790 g/mol. The molecule has 0 unspecified atom stereocenters. The Labute approximate surface area is 291 Å². The number of thiazole rings is 1. The predicted molar refractivity (Wildman–Crippen MR) is 187 cm³/mol. The number of carbonyl (C=O) groups excluding carboxylic acids is 1. The maximum Gasteiger partial charge on any atom is 0.338 e. The summed E-state index contributed by atoms with van der Waals surface area (Å²) in [4.78, 5) is 32.5. The molecule has 0 aliphatic carbocycles. The third kappa shape index (κ3) is 7.23. The molecule has 12 heteroatoms. The fourth-order valence-electron chi connectivity index (χ4n) is 5.05. The van der Waals surface area contributed by atoms with Gasteiger partial charge in [0.1, 0.15) is 18.2 Å². The van der Waals surface area contributed by atoms with Gasteiger partial charge in [0, 0.05) is 0 Å². The molecule has 0 N–H and O–H groups in total. The number of hydrogen-bond acceptors (Lipinski definition) is 8. The van der Waals surface area contributed by atoms with E-state index in [0.29, 0.717) is 47.9 Å². The first kappa shape index (κ1) is 33.9. The minimum atomic E-state index is -0.801. The summed E-state index contributed by atoms with van der Waals surface area (Å²) < 4.78 is 40.0. The van der Waals surface area contributed by atoms with Crippen molar-refractivity contribution in [3.63, 3.8) is 0 Å². The minimum Gasteiger partial charge on any atom is -0.493 e. The van der Waals surface area contributed by atoms with Gasteiger partial charge in [0.05, 0.1) is 49.7 Å². The summed E-state index contributed by atoms with van der Waals surface area (Å²) in [6, 6.07) is 14.6. The van der Waals surface area contributed by atoms with Gasteiger partial charge in [-0.15, -0.1) is 0 Å². The van der Waals surface area contributed by atoms with E-state index in [-0.39, 0.29) is 36.3 Å². The Morgan fingerprint density at radius 1 is 1.17 bits per heavy atom. The molecule has 2 heterocycles. The second-order valence-electron chi connectivity index (χ2n) is 10.6.